The first-order valence-electron chi connectivity index (χ1n) is 7.88. The molecule has 3 rings (SSSR count). The van der Waals surface area contributed by atoms with E-state index in [1.165, 1.54) is 20.4 Å². The van der Waals surface area contributed by atoms with Gasteiger partial charge in [-0.2, -0.15) is 0 Å². The normalized spacial score (nSPS) is 21.5. The number of nitrogens with one attached hydrogen (secondary N) is 1. The van der Waals surface area contributed by atoms with Crippen LogP contribution in [0.4, 0.5) is 5.69 Å². The second-order valence-electron chi connectivity index (χ2n) is 6.25. The number of hydrogen-bond donors (Lipinski definition) is 1. The Labute approximate surface area is 140 Å². The molecule has 0 saturated carbocycles. The van der Waals surface area contributed by atoms with Crippen molar-refractivity contribution in [1.82, 2.24) is 14.8 Å². The highest BCUT2D eigenvalue weighted by molar-refractivity contribution is 5.97. The van der Waals surface area contributed by atoms with E-state index in [0.29, 0.717) is 23.9 Å². The monoisotopic (exact) mass is 334 g/mol. The van der Waals surface area contributed by atoms with Crippen LogP contribution in [0.5, 0.6) is 11.6 Å². The van der Waals surface area contributed by atoms with Gasteiger partial charge in [-0.25, -0.2) is 4.98 Å². The van der Waals surface area contributed by atoms with E-state index in [0.717, 1.165) is 13.1 Å². The van der Waals surface area contributed by atoms with Crippen LogP contribution in [0.25, 0.3) is 0 Å². The number of carbonyl (C=O) groups is 2. The van der Waals surface area contributed by atoms with Crippen molar-refractivity contribution < 1.29 is 19.1 Å². The molecule has 0 radical (unpaired) electrons. The van der Waals surface area contributed by atoms with Gasteiger partial charge in [0.2, 0.25) is 11.8 Å². The van der Waals surface area contributed by atoms with Crippen LogP contribution >= 0.6 is 0 Å². The summed E-state index contributed by atoms with van der Waals surface area (Å²) in [5.74, 6) is 0.339. The third kappa shape index (κ3) is 3.14. The molecule has 0 spiro atoms. The largest absolute Gasteiger partial charge is 0.491 e. The number of likely N-dealkylation sites (N-methyl/N-ethyl adjacent to an activating group) is 1. The molecule has 0 aromatic carbocycles. The van der Waals surface area contributed by atoms with Crippen LogP contribution in [0, 0.1) is 5.92 Å². The van der Waals surface area contributed by atoms with Gasteiger partial charge in [-0.3, -0.25) is 9.59 Å². The Morgan fingerprint density at radius 1 is 1.29 bits per heavy atom. The van der Waals surface area contributed by atoms with Gasteiger partial charge in [0.1, 0.15) is 0 Å². The maximum atomic E-state index is 12.5. The lowest BCUT2D eigenvalue weighted by Gasteiger charge is -2.42. The molecule has 8 nitrogen and oxygen atoms in total. The predicted molar refractivity (Wildman–Crippen MR) is 87.1 cm³/mol. The van der Waals surface area contributed by atoms with E-state index < -0.39 is 0 Å². The van der Waals surface area contributed by atoms with Crippen molar-refractivity contribution in [3.63, 3.8) is 0 Å². The number of ether oxygens (including phenoxy) is 2. The zero-order valence-corrected chi connectivity index (χ0v) is 14.1. The number of pyridine rings is 1. The van der Waals surface area contributed by atoms with Gasteiger partial charge in [0.25, 0.3) is 5.88 Å². The Bertz CT molecular complexity index is 645. The summed E-state index contributed by atoms with van der Waals surface area (Å²) < 4.78 is 10.2. The molecule has 3 heterocycles. The number of hydrogen-bond acceptors (Lipinski definition) is 6. The highest BCUT2D eigenvalue weighted by Gasteiger charge is 2.41. The van der Waals surface area contributed by atoms with Crippen molar-refractivity contribution in [2.75, 3.05) is 46.2 Å². The molecule has 0 bridgehead atoms. The first-order chi connectivity index (χ1) is 11.5. The lowest BCUT2D eigenvalue weighted by Crippen LogP contribution is -2.58. The Morgan fingerprint density at radius 3 is 2.67 bits per heavy atom. The van der Waals surface area contributed by atoms with E-state index in [4.69, 9.17) is 9.47 Å². The first kappa shape index (κ1) is 16.5. The Morgan fingerprint density at radius 2 is 2.04 bits per heavy atom. The van der Waals surface area contributed by atoms with Crippen LogP contribution < -0.4 is 14.8 Å². The SMILES string of the molecule is COc1cc(NC(=O)C2CC(=O)N(C3CN(C)C3)C2)cnc1OC. The van der Waals surface area contributed by atoms with E-state index >= 15 is 0 Å². The molecule has 2 saturated heterocycles. The maximum absolute atomic E-state index is 12.5. The van der Waals surface area contributed by atoms with Crippen molar-refractivity contribution >= 4 is 17.5 Å². The fourth-order valence-corrected chi connectivity index (χ4v) is 3.17. The molecule has 8 heteroatoms. The minimum absolute atomic E-state index is 0.0543. The van der Waals surface area contributed by atoms with E-state index in [9.17, 15) is 9.59 Å². The molecular formula is C16H22N4O4. The molecule has 1 aromatic heterocycles. The van der Waals surface area contributed by atoms with Gasteiger partial charge in [-0.05, 0) is 7.05 Å². The summed E-state index contributed by atoms with van der Waals surface area (Å²) in [6, 6.07) is 1.89. The average Bonchev–Trinajstić information content (AvgIpc) is 2.93. The topological polar surface area (TPSA) is 84.0 Å². The van der Waals surface area contributed by atoms with Crippen LogP contribution in [0.15, 0.2) is 12.3 Å². The van der Waals surface area contributed by atoms with Gasteiger partial charge in [0.15, 0.2) is 5.75 Å². The fourth-order valence-electron chi connectivity index (χ4n) is 3.17. The highest BCUT2D eigenvalue weighted by atomic mass is 16.5. The average molecular weight is 334 g/mol. The molecule has 2 aliphatic rings. The number of nitrogens with zero attached hydrogens (tertiary/aromatic N) is 3. The Balaban J connectivity index is 1.62. The molecule has 0 aliphatic carbocycles. The minimum Gasteiger partial charge on any atom is -0.491 e. The molecule has 1 aromatic rings. The van der Waals surface area contributed by atoms with Crippen molar-refractivity contribution in [1.29, 1.82) is 0 Å². The molecule has 24 heavy (non-hydrogen) atoms. The third-order valence-electron chi connectivity index (χ3n) is 4.51. The van der Waals surface area contributed by atoms with Gasteiger partial charge in [0, 0.05) is 32.1 Å². The molecule has 1 atom stereocenters. The van der Waals surface area contributed by atoms with Crippen LogP contribution in [0.1, 0.15) is 6.42 Å². The smallest absolute Gasteiger partial charge is 0.256 e. The highest BCUT2D eigenvalue weighted by Crippen LogP contribution is 2.28. The lowest BCUT2D eigenvalue weighted by molar-refractivity contribution is -0.132. The van der Waals surface area contributed by atoms with Crippen molar-refractivity contribution in [3.8, 4) is 11.6 Å². The van der Waals surface area contributed by atoms with E-state index in [1.807, 2.05) is 11.9 Å². The molecule has 1 N–H and O–H groups in total. The number of amides is 2. The zero-order valence-electron chi connectivity index (χ0n) is 14.1. The standard InChI is InChI=1S/C16H22N4O4/c1-19-8-12(9-19)20-7-10(4-14(20)21)15(22)18-11-5-13(23-2)16(24-3)17-6-11/h5-6,10,12H,4,7-9H2,1-3H3,(H,18,22). The van der Waals surface area contributed by atoms with Crippen molar-refractivity contribution in [2.45, 2.75) is 12.5 Å². The van der Waals surface area contributed by atoms with Gasteiger partial charge < -0.3 is 24.6 Å². The van der Waals surface area contributed by atoms with Crippen LogP contribution in [-0.4, -0.2) is 73.5 Å². The minimum atomic E-state index is -0.337. The van der Waals surface area contributed by atoms with Crippen LogP contribution in [0.3, 0.4) is 0 Å². The number of anilines is 1. The summed E-state index contributed by atoms with van der Waals surface area (Å²) in [4.78, 5) is 32.7. The molecule has 130 valence electrons. The second-order valence-corrected chi connectivity index (χ2v) is 6.25. The number of rotatable bonds is 5. The second kappa shape index (κ2) is 6.64. The summed E-state index contributed by atoms with van der Waals surface area (Å²) in [5, 5.41) is 2.81. The Hall–Kier alpha value is -2.35. The summed E-state index contributed by atoms with van der Waals surface area (Å²) >= 11 is 0. The number of aromatic nitrogens is 1. The number of carbonyl (C=O) groups excluding carboxylic acids is 2. The predicted octanol–water partition coefficient (Wildman–Crippen LogP) is 0.200. The summed E-state index contributed by atoms with van der Waals surface area (Å²) in [5.41, 5.74) is 0.520. The zero-order chi connectivity index (χ0) is 17.3. The van der Waals surface area contributed by atoms with Gasteiger partial charge >= 0.3 is 0 Å². The maximum Gasteiger partial charge on any atom is 0.256 e. The third-order valence-corrected chi connectivity index (χ3v) is 4.51. The van der Waals surface area contributed by atoms with Crippen molar-refractivity contribution in [2.24, 2.45) is 5.92 Å². The number of methoxy groups -OCH3 is 2. The first-order valence-corrected chi connectivity index (χ1v) is 7.88. The summed E-state index contributed by atoms with van der Waals surface area (Å²) in [7, 11) is 5.03. The van der Waals surface area contributed by atoms with Gasteiger partial charge in [-0.1, -0.05) is 0 Å². The van der Waals surface area contributed by atoms with E-state index in [2.05, 4.69) is 15.2 Å². The number of likely N-dealkylation sites (tertiary alicyclic amines) is 2. The molecule has 2 amide bonds. The van der Waals surface area contributed by atoms with Crippen LogP contribution in [-0.2, 0) is 9.59 Å². The lowest BCUT2D eigenvalue weighted by atomic mass is 10.1. The molecule has 2 fully saturated rings. The summed E-state index contributed by atoms with van der Waals surface area (Å²) in [6.45, 7) is 2.23. The molecular weight excluding hydrogens is 312 g/mol. The molecule has 2 aliphatic heterocycles. The quantitative estimate of drug-likeness (QED) is 0.828. The van der Waals surface area contributed by atoms with Crippen LogP contribution in [0.2, 0.25) is 0 Å². The van der Waals surface area contributed by atoms with E-state index in [1.54, 1.807) is 6.07 Å². The van der Waals surface area contributed by atoms with E-state index in [-0.39, 0.29) is 30.2 Å². The van der Waals surface area contributed by atoms with Gasteiger partial charge in [0.05, 0.1) is 38.1 Å². The Kier molecular flexibility index (Phi) is 4.57. The van der Waals surface area contributed by atoms with Crippen molar-refractivity contribution in [3.05, 3.63) is 12.3 Å². The fraction of sp³-hybridized carbons (Fsp3) is 0.562. The summed E-state index contributed by atoms with van der Waals surface area (Å²) in [6.07, 6.45) is 1.77. The van der Waals surface area contributed by atoms with Gasteiger partial charge in [-0.15, -0.1) is 0 Å². The molecule has 1 unspecified atom stereocenters.